The highest BCUT2D eigenvalue weighted by Gasteiger charge is 2.31. The van der Waals surface area contributed by atoms with Crippen molar-refractivity contribution < 1.29 is 9.18 Å². The Balaban J connectivity index is 2.33. The van der Waals surface area contributed by atoms with Gasteiger partial charge in [-0.2, -0.15) is 0 Å². The van der Waals surface area contributed by atoms with Crippen molar-refractivity contribution in [3.05, 3.63) is 34.6 Å². The van der Waals surface area contributed by atoms with E-state index in [9.17, 15) is 9.18 Å². The molecule has 2 rings (SSSR count). The molecule has 13 heavy (non-hydrogen) atoms. The van der Waals surface area contributed by atoms with Gasteiger partial charge >= 0.3 is 0 Å². The molecule has 1 aliphatic carbocycles. The van der Waals surface area contributed by atoms with E-state index in [4.69, 9.17) is 11.6 Å². The van der Waals surface area contributed by atoms with Crippen LogP contribution in [-0.2, 0) is 0 Å². The molecule has 0 aromatic heterocycles. The highest BCUT2D eigenvalue weighted by molar-refractivity contribution is 6.30. The van der Waals surface area contributed by atoms with Gasteiger partial charge in [-0.1, -0.05) is 11.6 Å². The van der Waals surface area contributed by atoms with Gasteiger partial charge in [0.2, 0.25) is 0 Å². The van der Waals surface area contributed by atoms with E-state index >= 15 is 0 Å². The molecular formula is C10H8ClFO. The van der Waals surface area contributed by atoms with Crippen LogP contribution < -0.4 is 0 Å². The number of benzene rings is 1. The molecule has 1 aliphatic rings. The molecule has 68 valence electrons. The summed E-state index contributed by atoms with van der Waals surface area (Å²) in [6.45, 7) is 0. The number of halogens is 2. The zero-order chi connectivity index (χ0) is 9.42. The normalized spacial score (nSPS) is 15.8. The van der Waals surface area contributed by atoms with Gasteiger partial charge in [-0.25, -0.2) is 4.39 Å². The van der Waals surface area contributed by atoms with E-state index in [1.807, 2.05) is 0 Å². The van der Waals surface area contributed by atoms with E-state index < -0.39 is 5.82 Å². The van der Waals surface area contributed by atoms with Gasteiger partial charge < -0.3 is 0 Å². The number of Topliss-reactive ketones (excluding diaryl/α,β-unsaturated/α-hetero) is 1. The second kappa shape index (κ2) is 3.11. The van der Waals surface area contributed by atoms with Crippen LogP contribution in [0.3, 0.4) is 0 Å². The summed E-state index contributed by atoms with van der Waals surface area (Å²) in [6, 6.07) is 4.18. The van der Waals surface area contributed by atoms with Crippen molar-refractivity contribution in [1.82, 2.24) is 0 Å². The Kier molecular flexibility index (Phi) is 2.08. The number of hydrogen-bond donors (Lipinski definition) is 0. The summed E-state index contributed by atoms with van der Waals surface area (Å²) in [5.74, 6) is -0.547. The molecule has 0 bridgehead atoms. The molecule has 0 unspecified atom stereocenters. The van der Waals surface area contributed by atoms with Crippen LogP contribution in [0, 0.1) is 11.7 Å². The number of carbonyl (C=O) groups is 1. The first-order valence-corrected chi connectivity index (χ1v) is 4.55. The van der Waals surface area contributed by atoms with Crippen molar-refractivity contribution in [1.29, 1.82) is 0 Å². The average molecular weight is 199 g/mol. The molecule has 3 heteroatoms. The lowest BCUT2D eigenvalue weighted by atomic mass is 10.1. The SMILES string of the molecule is O=C(c1ccc(Cl)cc1F)C1CC1. The fourth-order valence-electron chi connectivity index (χ4n) is 1.25. The van der Waals surface area contributed by atoms with Gasteiger partial charge in [-0.3, -0.25) is 4.79 Å². The van der Waals surface area contributed by atoms with E-state index in [2.05, 4.69) is 0 Å². The third-order valence-electron chi connectivity index (χ3n) is 2.14. The van der Waals surface area contributed by atoms with Gasteiger partial charge in [0.1, 0.15) is 5.82 Å². The minimum atomic E-state index is -0.510. The molecule has 1 nitrogen and oxygen atoms in total. The van der Waals surface area contributed by atoms with Gasteiger partial charge in [0.05, 0.1) is 5.56 Å². The standard InChI is InChI=1S/C10H8ClFO/c11-7-3-4-8(9(12)5-7)10(13)6-1-2-6/h3-6H,1-2H2. The molecule has 1 aromatic rings. The van der Waals surface area contributed by atoms with Gasteiger partial charge in [0.15, 0.2) is 5.78 Å². The van der Waals surface area contributed by atoms with Crippen molar-refractivity contribution in [2.45, 2.75) is 12.8 Å². The third kappa shape index (κ3) is 1.73. The van der Waals surface area contributed by atoms with Crippen LogP contribution in [0.25, 0.3) is 0 Å². The molecular weight excluding hydrogens is 191 g/mol. The maximum Gasteiger partial charge on any atom is 0.168 e. The Labute approximate surface area is 80.5 Å². The van der Waals surface area contributed by atoms with E-state index in [0.717, 1.165) is 12.8 Å². The highest BCUT2D eigenvalue weighted by atomic mass is 35.5. The molecule has 1 fully saturated rings. The van der Waals surface area contributed by atoms with Crippen LogP contribution in [0.2, 0.25) is 5.02 Å². The number of rotatable bonds is 2. The highest BCUT2D eigenvalue weighted by Crippen LogP contribution is 2.33. The van der Waals surface area contributed by atoms with Crippen LogP contribution in [0.4, 0.5) is 4.39 Å². The number of carbonyl (C=O) groups excluding carboxylic acids is 1. The number of ketones is 1. The van der Waals surface area contributed by atoms with E-state index in [1.54, 1.807) is 6.07 Å². The summed E-state index contributed by atoms with van der Waals surface area (Å²) in [4.78, 5) is 11.5. The molecule has 1 saturated carbocycles. The van der Waals surface area contributed by atoms with Crippen LogP contribution in [-0.4, -0.2) is 5.78 Å². The first-order chi connectivity index (χ1) is 6.18. The fraction of sp³-hybridized carbons (Fsp3) is 0.300. The predicted molar refractivity (Wildman–Crippen MR) is 48.5 cm³/mol. The van der Waals surface area contributed by atoms with E-state index in [0.29, 0.717) is 5.02 Å². The molecule has 0 atom stereocenters. The molecule has 0 radical (unpaired) electrons. The van der Waals surface area contributed by atoms with Crippen molar-refractivity contribution in [2.75, 3.05) is 0 Å². The summed E-state index contributed by atoms with van der Waals surface area (Å²) in [6.07, 6.45) is 1.78. The first-order valence-electron chi connectivity index (χ1n) is 4.18. The predicted octanol–water partition coefficient (Wildman–Crippen LogP) is 3.07. The molecule has 0 aliphatic heterocycles. The van der Waals surface area contributed by atoms with Crippen LogP contribution in [0.1, 0.15) is 23.2 Å². The second-order valence-corrected chi connectivity index (χ2v) is 3.70. The van der Waals surface area contributed by atoms with E-state index in [1.165, 1.54) is 12.1 Å². The largest absolute Gasteiger partial charge is 0.294 e. The Morgan fingerprint density at radius 3 is 2.69 bits per heavy atom. The topological polar surface area (TPSA) is 17.1 Å². The lowest BCUT2D eigenvalue weighted by Crippen LogP contribution is -2.03. The van der Waals surface area contributed by atoms with Gasteiger partial charge in [0, 0.05) is 10.9 Å². The maximum absolute atomic E-state index is 13.2. The lowest BCUT2D eigenvalue weighted by molar-refractivity contribution is 0.0963. The monoisotopic (exact) mass is 198 g/mol. The summed E-state index contributed by atoms with van der Waals surface area (Å²) < 4.78 is 13.2. The zero-order valence-electron chi connectivity index (χ0n) is 6.89. The molecule has 0 N–H and O–H groups in total. The molecule has 0 spiro atoms. The smallest absolute Gasteiger partial charge is 0.168 e. The Bertz CT molecular complexity index is 358. The van der Waals surface area contributed by atoms with Crippen LogP contribution in [0.5, 0.6) is 0 Å². The summed E-state index contributed by atoms with van der Waals surface area (Å²) >= 11 is 5.57. The van der Waals surface area contributed by atoms with Crippen LogP contribution >= 0.6 is 11.6 Å². The molecule has 0 amide bonds. The van der Waals surface area contributed by atoms with Crippen molar-refractivity contribution in [2.24, 2.45) is 5.92 Å². The van der Waals surface area contributed by atoms with E-state index in [-0.39, 0.29) is 17.3 Å². The van der Waals surface area contributed by atoms with Crippen molar-refractivity contribution in [3.63, 3.8) is 0 Å². The summed E-state index contributed by atoms with van der Waals surface area (Å²) in [5, 5.41) is 0.324. The Morgan fingerprint density at radius 2 is 2.15 bits per heavy atom. The minimum absolute atomic E-state index is 0.0516. The third-order valence-corrected chi connectivity index (χ3v) is 2.38. The van der Waals surface area contributed by atoms with Gasteiger partial charge in [0.25, 0.3) is 0 Å². The Hall–Kier alpha value is -0.890. The minimum Gasteiger partial charge on any atom is -0.294 e. The van der Waals surface area contributed by atoms with Crippen molar-refractivity contribution in [3.8, 4) is 0 Å². The first kappa shape index (κ1) is 8.70. The van der Waals surface area contributed by atoms with Crippen molar-refractivity contribution >= 4 is 17.4 Å². The van der Waals surface area contributed by atoms with Gasteiger partial charge in [-0.15, -0.1) is 0 Å². The molecule has 0 saturated heterocycles. The molecule has 1 aromatic carbocycles. The lowest BCUT2D eigenvalue weighted by Gasteiger charge is -2.00. The Morgan fingerprint density at radius 1 is 1.46 bits per heavy atom. The summed E-state index contributed by atoms with van der Waals surface area (Å²) in [5.41, 5.74) is 0.173. The zero-order valence-corrected chi connectivity index (χ0v) is 7.64. The summed E-state index contributed by atoms with van der Waals surface area (Å²) in [7, 11) is 0. The number of hydrogen-bond acceptors (Lipinski definition) is 1. The average Bonchev–Trinajstić information content (AvgIpc) is 2.85. The molecule has 0 heterocycles. The fourth-order valence-corrected chi connectivity index (χ4v) is 1.41. The quantitative estimate of drug-likeness (QED) is 0.668. The van der Waals surface area contributed by atoms with Gasteiger partial charge in [-0.05, 0) is 31.0 Å². The van der Waals surface area contributed by atoms with Crippen LogP contribution in [0.15, 0.2) is 18.2 Å². The maximum atomic E-state index is 13.2. The second-order valence-electron chi connectivity index (χ2n) is 3.26.